The molecule has 3 aliphatic heterocycles. The van der Waals surface area contributed by atoms with E-state index < -0.39 is 5.67 Å². The van der Waals surface area contributed by atoms with Crippen LogP contribution in [0.1, 0.15) is 19.8 Å². The summed E-state index contributed by atoms with van der Waals surface area (Å²) in [5.74, 6) is 1.61. The Morgan fingerprint density at radius 1 is 1.30 bits per heavy atom. The molecule has 8 nitrogen and oxygen atoms in total. The lowest BCUT2D eigenvalue weighted by Gasteiger charge is -2.29. The number of nitrogens with two attached hydrogens (primary N) is 1. The van der Waals surface area contributed by atoms with Gasteiger partial charge in [-0.1, -0.05) is 0 Å². The number of rotatable bonds is 3. The predicted molar refractivity (Wildman–Crippen MR) is 99.3 cm³/mol. The maximum Gasteiger partial charge on any atom is 0.227 e. The van der Waals surface area contributed by atoms with E-state index in [2.05, 4.69) is 19.9 Å². The fourth-order valence-corrected chi connectivity index (χ4v) is 4.10. The van der Waals surface area contributed by atoms with Crippen LogP contribution in [0, 0.1) is 0 Å². The molecule has 0 spiro atoms. The van der Waals surface area contributed by atoms with Crippen LogP contribution in [0.25, 0.3) is 11.3 Å². The van der Waals surface area contributed by atoms with Crippen molar-refractivity contribution < 1.29 is 9.13 Å². The first kappa shape index (κ1) is 16.6. The standard InChI is InChI=1S/C18H22FN7O/c1-18(19)2-3-25(10-18)17-23-14(11-6-21-16(20)22-7-11)5-15(24-17)26-8-13-4-12(26)9-27-13/h5-7,12-13H,2-4,8-10H2,1H3,(H2,20,21,22)/t12-,13-,18?/m0/s1. The minimum Gasteiger partial charge on any atom is -0.374 e. The Bertz CT molecular complexity index is 859. The molecule has 3 aliphatic rings. The highest BCUT2D eigenvalue weighted by Gasteiger charge is 2.40. The van der Waals surface area contributed by atoms with Gasteiger partial charge in [-0.05, 0) is 13.3 Å². The van der Waals surface area contributed by atoms with Gasteiger partial charge < -0.3 is 20.3 Å². The van der Waals surface area contributed by atoms with Crippen LogP contribution < -0.4 is 15.5 Å². The van der Waals surface area contributed by atoms with Crippen LogP contribution in [0.15, 0.2) is 18.5 Å². The molecule has 0 saturated carbocycles. The second kappa shape index (κ2) is 5.98. The van der Waals surface area contributed by atoms with E-state index in [-0.39, 0.29) is 12.1 Å². The number of anilines is 3. The van der Waals surface area contributed by atoms with Crippen molar-refractivity contribution in [3.05, 3.63) is 18.5 Å². The highest BCUT2D eigenvalue weighted by molar-refractivity contribution is 5.65. The van der Waals surface area contributed by atoms with Crippen LogP contribution >= 0.6 is 0 Å². The van der Waals surface area contributed by atoms with E-state index in [0.29, 0.717) is 37.2 Å². The van der Waals surface area contributed by atoms with Crippen molar-refractivity contribution >= 4 is 17.7 Å². The fraction of sp³-hybridized carbons (Fsp3) is 0.556. The normalized spacial score (nSPS) is 29.7. The van der Waals surface area contributed by atoms with Crippen LogP contribution in [0.5, 0.6) is 0 Å². The van der Waals surface area contributed by atoms with E-state index in [1.807, 2.05) is 11.0 Å². The maximum atomic E-state index is 14.4. The number of morpholine rings is 1. The van der Waals surface area contributed by atoms with Crippen LogP contribution in [-0.4, -0.2) is 64.0 Å². The molecule has 1 unspecified atom stereocenters. The molecule has 3 fully saturated rings. The van der Waals surface area contributed by atoms with Gasteiger partial charge in [0.2, 0.25) is 11.9 Å². The third-order valence-corrected chi connectivity index (χ3v) is 5.57. The molecule has 5 rings (SSSR count). The molecule has 142 valence electrons. The second-order valence-electron chi connectivity index (χ2n) is 7.82. The van der Waals surface area contributed by atoms with Crippen molar-refractivity contribution in [3.8, 4) is 11.3 Å². The van der Waals surface area contributed by atoms with Crippen LogP contribution in [0.2, 0.25) is 0 Å². The van der Waals surface area contributed by atoms with Crippen molar-refractivity contribution in [1.82, 2.24) is 19.9 Å². The summed E-state index contributed by atoms with van der Waals surface area (Å²) in [6.07, 6.45) is 5.06. The predicted octanol–water partition coefficient (Wildman–Crippen LogP) is 1.43. The van der Waals surface area contributed by atoms with Gasteiger partial charge in [-0.2, -0.15) is 4.98 Å². The Kier molecular flexibility index (Phi) is 3.68. The van der Waals surface area contributed by atoms with Gasteiger partial charge >= 0.3 is 0 Å². The summed E-state index contributed by atoms with van der Waals surface area (Å²) in [6.45, 7) is 4.06. The van der Waals surface area contributed by atoms with Crippen LogP contribution in [0.4, 0.5) is 22.1 Å². The summed E-state index contributed by atoms with van der Waals surface area (Å²) in [6, 6.07) is 2.28. The Labute approximate surface area is 156 Å². The van der Waals surface area contributed by atoms with Crippen molar-refractivity contribution in [2.24, 2.45) is 0 Å². The summed E-state index contributed by atoms with van der Waals surface area (Å²) in [5.41, 5.74) is 5.86. The van der Waals surface area contributed by atoms with Gasteiger partial charge in [-0.15, -0.1) is 0 Å². The number of hydrogen-bond acceptors (Lipinski definition) is 8. The average molecular weight is 371 g/mol. The van der Waals surface area contributed by atoms with Gasteiger partial charge in [0.15, 0.2) is 0 Å². The Morgan fingerprint density at radius 3 is 2.74 bits per heavy atom. The SMILES string of the molecule is CC1(F)CCN(c2nc(-c3cnc(N)nc3)cc(N3C[C@@H]4C[C@H]3CO4)n2)C1. The zero-order valence-electron chi connectivity index (χ0n) is 15.2. The number of nitrogens with zero attached hydrogens (tertiary/aromatic N) is 6. The van der Waals surface area contributed by atoms with E-state index in [4.69, 9.17) is 15.5 Å². The third-order valence-electron chi connectivity index (χ3n) is 5.57. The Hall–Kier alpha value is -2.55. The molecule has 9 heteroatoms. The van der Waals surface area contributed by atoms with Gasteiger partial charge in [0.1, 0.15) is 11.5 Å². The first-order valence-electron chi connectivity index (χ1n) is 9.26. The molecule has 2 aromatic rings. The molecule has 27 heavy (non-hydrogen) atoms. The lowest BCUT2D eigenvalue weighted by Crippen LogP contribution is -2.38. The van der Waals surface area contributed by atoms with Gasteiger partial charge in [0, 0.05) is 43.5 Å². The molecule has 0 radical (unpaired) electrons. The second-order valence-corrected chi connectivity index (χ2v) is 7.82. The zero-order valence-corrected chi connectivity index (χ0v) is 15.2. The minimum atomic E-state index is -1.22. The number of fused-ring (bicyclic) bond motifs is 2. The van der Waals surface area contributed by atoms with E-state index in [0.717, 1.165) is 31.0 Å². The molecule has 2 aromatic heterocycles. The van der Waals surface area contributed by atoms with Gasteiger partial charge in [-0.25, -0.2) is 19.3 Å². The summed E-state index contributed by atoms with van der Waals surface area (Å²) >= 11 is 0. The number of ether oxygens (including phenoxy) is 1. The van der Waals surface area contributed by atoms with Crippen molar-refractivity contribution in [2.75, 3.05) is 41.8 Å². The monoisotopic (exact) mass is 371 g/mol. The first-order chi connectivity index (χ1) is 13.0. The zero-order chi connectivity index (χ0) is 18.6. The summed E-state index contributed by atoms with van der Waals surface area (Å²) in [5, 5.41) is 0. The van der Waals surface area contributed by atoms with Gasteiger partial charge in [0.05, 0.1) is 31.0 Å². The van der Waals surface area contributed by atoms with Gasteiger partial charge in [-0.3, -0.25) is 0 Å². The molecule has 0 aromatic carbocycles. The van der Waals surface area contributed by atoms with Gasteiger partial charge in [0.25, 0.3) is 0 Å². The molecular weight excluding hydrogens is 349 g/mol. The summed E-state index contributed by atoms with van der Waals surface area (Å²) < 4.78 is 20.1. The number of hydrogen-bond donors (Lipinski definition) is 1. The molecule has 2 N–H and O–H groups in total. The highest BCUT2D eigenvalue weighted by Crippen LogP contribution is 2.35. The van der Waals surface area contributed by atoms with Crippen LogP contribution in [0.3, 0.4) is 0 Å². The molecule has 5 heterocycles. The number of aromatic nitrogens is 4. The minimum absolute atomic E-state index is 0.218. The maximum absolute atomic E-state index is 14.4. The Morgan fingerprint density at radius 2 is 2.11 bits per heavy atom. The smallest absolute Gasteiger partial charge is 0.227 e. The lowest BCUT2D eigenvalue weighted by atomic mass is 10.1. The third kappa shape index (κ3) is 3.05. The molecule has 3 atom stereocenters. The summed E-state index contributed by atoms with van der Waals surface area (Å²) in [7, 11) is 0. The molecule has 0 aliphatic carbocycles. The number of nitrogen functional groups attached to an aromatic ring is 1. The van der Waals surface area contributed by atoms with E-state index in [1.165, 1.54) is 0 Å². The topological polar surface area (TPSA) is 93.3 Å². The number of alkyl halides is 1. The van der Waals surface area contributed by atoms with E-state index in [9.17, 15) is 4.39 Å². The van der Waals surface area contributed by atoms with E-state index >= 15 is 0 Å². The van der Waals surface area contributed by atoms with Crippen LogP contribution in [-0.2, 0) is 4.74 Å². The van der Waals surface area contributed by atoms with Crippen molar-refractivity contribution in [2.45, 2.75) is 37.6 Å². The first-order valence-corrected chi connectivity index (χ1v) is 9.26. The van der Waals surface area contributed by atoms with Crippen molar-refractivity contribution in [1.29, 1.82) is 0 Å². The highest BCUT2D eigenvalue weighted by atomic mass is 19.1. The molecule has 0 amide bonds. The Balaban J connectivity index is 1.55. The van der Waals surface area contributed by atoms with E-state index in [1.54, 1.807) is 19.3 Å². The largest absolute Gasteiger partial charge is 0.374 e. The molecule has 2 bridgehead atoms. The summed E-state index contributed by atoms with van der Waals surface area (Å²) in [4.78, 5) is 21.8. The fourth-order valence-electron chi connectivity index (χ4n) is 4.10. The molecular formula is C18H22FN7O. The lowest BCUT2D eigenvalue weighted by molar-refractivity contribution is 0.0989. The van der Waals surface area contributed by atoms with Crippen molar-refractivity contribution in [3.63, 3.8) is 0 Å². The molecule has 3 saturated heterocycles. The number of halogens is 1. The average Bonchev–Trinajstić information content (AvgIpc) is 3.37. The quantitative estimate of drug-likeness (QED) is 0.866.